The first-order valence-electron chi connectivity index (χ1n) is 7.73. The summed E-state index contributed by atoms with van der Waals surface area (Å²) in [6, 6.07) is 21.1. The van der Waals surface area contributed by atoms with E-state index in [-0.39, 0.29) is 5.78 Å². The number of nitriles is 1. The molecule has 0 aliphatic rings. The van der Waals surface area contributed by atoms with E-state index < -0.39 is 0 Å². The molecule has 0 aliphatic heterocycles. The molecule has 4 rings (SSSR count). The minimum absolute atomic E-state index is 0.0710. The van der Waals surface area contributed by atoms with Crippen molar-refractivity contribution < 1.29 is 4.79 Å². The molecule has 0 saturated carbocycles. The van der Waals surface area contributed by atoms with Gasteiger partial charge in [-0.15, -0.1) is 0 Å². The van der Waals surface area contributed by atoms with Crippen LogP contribution in [0.3, 0.4) is 0 Å². The largest absolute Gasteiger partial charge is 0.316 e. The quantitative estimate of drug-likeness (QED) is 0.512. The van der Waals surface area contributed by atoms with Gasteiger partial charge in [0.15, 0.2) is 5.78 Å². The summed E-state index contributed by atoms with van der Waals surface area (Å²) in [5, 5.41) is 10.2. The monoisotopic (exact) mass is 310 g/mol. The van der Waals surface area contributed by atoms with Crippen LogP contribution in [0.1, 0.15) is 27.0 Å². The van der Waals surface area contributed by atoms with E-state index in [1.165, 1.54) is 0 Å². The zero-order chi connectivity index (χ0) is 16.7. The summed E-state index contributed by atoms with van der Waals surface area (Å²) >= 11 is 0. The summed E-state index contributed by atoms with van der Waals surface area (Å²) in [6.07, 6.45) is 1.94. The second-order valence-electron chi connectivity index (χ2n) is 5.90. The van der Waals surface area contributed by atoms with Crippen molar-refractivity contribution >= 4 is 22.2 Å². The Hall–Kier alpha value is -3.38. The van der Waals surface area contributed by atoms with Gasteiger partial charge in [-0.2, -0.15) is 5.26 Å². The molecule has 4 aromatic rings. The Morgan fingerprint density at radius 2 is 1.83 bits per heavy atom. The molecule has 0 saturated heterocycles. The van der Waals surface area contributed by atoms with Gasteiger partial charge in [0, 0.05) is 28.2 Å². The minimum atomic E-state index is -0.0710. The second-order valence-corrected chi connectivity index (χ2v) is 5.90. The van der Waals surface area contributed by atoms with Crippen LogP contribution < -0.4 is 0 Å². The van der Waals surface area contributed by atoms with Crippen LogP contribution in [0.15, 0.2) is 66.9 Å². The lowest BCUT2D eigenvalue weighted by atomic mass is 9.97. The van der Waals surface area contributed by atoms with Crippen molar-refractivity contribution in [2.45, 2.75) is 6.92 Å². The van der Waals surface area contributed by atoms with Crippen molar-refractivity contribution in [2.75, 3.05) is 0 Å². The number of hydrogen-bond donors (Lipinski definition) is 0. The molecule has 0 fully saturated rings. The molecule has 0 N–H and O–H groups in total. The van der Waals surface area contributed by atoms with Crippen molar-refractivity contribution in [3.8, 4) is 6.07 Å². The number of fused-ring (bicyclic) bond motifs is 3. The average Bonchev–Trinajstić information content (AvgIpc) is 3.09. The molecule has 0 atom stereocenters. The smallest absolute Gasteiger partial charge is 0.195 e. The standard InChI is InChI=1S/C21H14N2O/c1-14-4-6-16(7-5-14)21(24)19-12-15(13-22)11-17-8-9-18-3-2-10-23(18)20(17)19/h2-12H,1H3. The fourth-order valence-electron chi connectivity index (χ4n) is 3.06. The number of pyridine rings is 1. The molecule has 0 spiro atoms. The number of rotatable bonds is 2. The number of aromatic nitrogens is 1. The van der Waals surface area contributed by atoms with Crippen molar-refractivity contribution in [1.29, 1.82) is 5.26 Å². The summed E-state index contributed by atoms with van der Waals surface area (Å²) < 4.78 is 2.00. The molecule has 3 heteroatoms. The Balaban J connectivity index is 2.05. The maximum Gasteiger partial charge on any atom is 0.195 e. The summed E-state index contributed by atoms with van der Waals surface area (Å²) in [7, 11) is 0. The Morgan fingerprint density at radius 3 is 2.58 bits per heavy atom. The second kappa shape index (κ2) is 5.36. The molecular formula is C21H14N2O. The van der Waals surface area contributed by atoms with Crippen LogP contribution in [0.5, 0.6) is 0 Å². The van der Waals surface area contributed by atoms with E-state index in [0.717, 1.165) is 22.0 Å². The van der Waals surface area contributed by atoms with Crippen LogP contribution in [0.25, 0.3) is 16.4 Å². The van der Waals surface area contributed by atoms with Crippen molar-refractivity contribution in [3.05, 3.63) is 89.1 Å². The molecule has 2 heterocycles. The van der Waals surface area contributed by atoms with Crippen LogP contribution in [0.4, 0.5) is 0 Å². The lowest BCUT2D eigenvalue weighted by Crippen LogP contribution is -2.05. The van der Waals surface area contributed by atoms with Gasteiger partial charge in [-0.3, -0.25) is 4.79 Å². The number of carbonyl (C=O) groups excluding carboxylic acids is 1. The molecule has 2 aromatic heterocycles. The highest BCUT2D eigenvalue weighted by Gasteiger charge is 2.16. The molecule has 0 amide bonds. The highest BCUT2D eigenvalue weighted by atomic mass is 16.1. The average molecular weight is 310 g/mol. The van der Waals surface area contributed by atoms with Crippen LogP contribution >= 0.6 is 0 Å². The number of ketones is 1. The van der Waals surface area contributed by atoms with Crippen molar-refractivity contribution in [1.82, 2.24) is 4.40 Å². The molecule has 0 unspecified atom stereocenters. The Bertz CT molecular complexity index is 1130. The third-order valence-corrected chi connectivity index (χ3v) is 4.28. The summed E-state index contributed by atoms with van der Waals surface area (Å²) in [6.45, 7) is 1.99. The summed E-state index contributed by atoms with van der Waals surface area (Å²) in [5.41, 5.74) is 4.63. The van der Waals surface area contributed by atoms with Crippen molar-refractivity contribution in [3.63, 3.8) is 0 Å². The van der Waals surface area contributed by atoms with Crippen molar-refractivity contribution in [2.24, 2.45) is 0 Å². The SMILES string of the molecule is Cc1ccc(C(=O)c2cc(C#N)cc3ccc4cccn4c23)cc1. The Morgan fingerprint density at radius 1 is 1.04 bits per heavy atom. The van der Waals surface area contributed by atoms with Gasteiger partial charge in [-0.25, -0.2) is 0 Å². The zero-order valence-electron chi connectivity index (χ0n) is 13.2. The van der Waals surface area contributed by atoms with E-state index in [1.807, 2.05) is 72.1 Å². The molecule has 2 aromatic carbocycles. The molecular weight excluding hydrogens is 296 g/mol. The number of carbonyl (C=O) groups is 1. The van der Waals surface area contributed by atoms with Gasteiger partial charge >= 0.3 is 0 Å². The lowest BCUT2D eigenvalue weighted by Gasteiger charge is -2.10. The zero-order valence-corrected chi connectivity index (χ0v) is 13.2. The molecule has 0 bridgehead atoms. The fraction of sp³-hybridized carbons (Fsp3) is 0.0476. The number of hydrogen-bond acceptors (Lipinski definition) is 2. The first kappa shape index (κ1) is 14.2. The highest BCUT2D eigenvalue weighted by molar-refractivity contribution is 6.16. The number of benzene rings is 2. The number of nitrogens with zero attached hydrogens (tertiary/aromatic N) is 2. The van der Waals surface area contributed by atoms with Crippen LogP contribution in [0.2, 0.25) is 0 Å². The Kier molecular flexibility index (Phi) is 3.18. The first-order chi connectivity index (χ1) is 11.7. The molecule has 24 heavy (non-hydrogen) atoms. The predicted molar refractivity (Wildman–Crippen MR) is 94.2 cm³/mol. The predicted octanol–water partition coefficient (Wildman–Crippen LogP) is 4.50. The third-order valence-electron chi connectivity index (χ3n) is 4.28. The maximum absolute atomic E-state index is 13.1. The van der Waals surface area contributed by atoms with E-state index >= 15 is 0 Å². The number of aryl methyl sites for hydroxylation is 1. The van der Waals surface area contributed by atoms with Gasteiger partial charge < -0.3 is 4.40 Å². The van der Waals surface area contributed by atoms with E-state index in [9.17, 15) is 10.1 Å². The van der Waals surface area contributed by atoms with Gasteiger partial charge in [-0.05, 0) is 37.3 Å². The first-order valence-corrected chi connectivity index (χ1v) is 7.73. The van der Waals surface area contributed by atoms with E-state index in [1.54, 1.807) is 6.07 Å². The topological polar surface area (TPSA) is 45.3 Å². The maximum atomic E-state index is 13.1. The van der Waals surface area contributed by atoms with Gasteiger partial charge in [-0.1, -0.05) is 35.9 Å². The van der Waals surface area contributed by atoms with Crippen LogP contribution in [-0.4, -0.2) is 10.2 Å². The van der Waals surface area contributed by atoms with Gasteiger partial charge in [0.2, 0.25) is 0 Å². The normalized spacial score (nSPS) is 10.8. The summed E-state index contributed by atoms with van der Waals surface area (Å²) in [5.74, 6) is -0.0710. The molecule has 114 valence electrons. The van der Waals surface area contributed by atoms with E-state index in [2.05, 4.69) is 6.07 Å². The molecule has 3 nitrogen and oxygen atoms in total. The van der Waals surface area contributed by atoms with E-state index in [0.29, 0.717) is 16.7 Å². The molecule has 0 radical (unpaired) electrons. The summed E-state index contributed by atoms with van der Waals surface area (Å²) in [4.78, 5) is 13.1. The fourth-order valence-corrected chi connectivity index (χ4v) is 3.06. The minimum Gasteiger partial charge on any atom is -0.316 e. The highest BCUT2D eigenvalue weighted by Crippen LogP contribution is 2.25. The van der Waals surface area contributed by atoms with E-state index in [4.69, 9.17) is 0 Å². The van der Waals surface area contributed by atoms with Crippen LogP contribution in [-0.2, 0) is 0 Å². The van der Waals surface area contributed by atoms with Gasteiger partial charge in [0.05, 0.1) is 17.1 Å². The van der Waals surface area contributed by atoms with Crippen LogP contribution in [0, 0.1) is 18.3 Å². The molecule has 0 aliphatic carbocycles. The van der Waals surface area contributed by atoms with Gasteiger partial charge in [0.25, 0.3) is 0 Å². The lowest BCUT2D eigenvalue weighted by molar-refractivity contribution is 0.104. The third kappa shape index (κ3) is 2.17. The Labute approximate surface area is 139 Å². The van der Waals surface area contributed by atoms with Gasteiger partial charge in [0.1, 0.15) is 0 Å².